The number of halogens is 4. The van der Waals surface area contributed by atoms with Gasteiger partial charge in [0.15, 0.2) is 0 Å². The molecule has 5 fully saturated rings. The van der Waals surface area contributed by atoms with E-state index in [2.05, 4.69) is 24.5 Å². The summed E-state index contributed by atoms with van der Waals surface area (Å²) in [6, 6.07) is 16.2. The van der Waals surface area contributed by atoms with Crippen molar-refractivity contribution >= 4 is 55.9 Å². The Morgan fingerprint density at radius 1 is 0.919 bits per heavy atom. The fourth-order valence-corrected chi connectivity index (χ4v) is 16.9. The highest BCUT2D eigenvalue weighted by molar-refractivity contribution is 7.85. The van der Waals surface area contributed by atoms with Crippen molar-refractivity contribution in [2.75, 3.05) is 51.0 Å². The summed E-state index contributed by atoms with van der Waals surface area (Å²) in [6.07, 6.45) is 6.68. The number of hydrogen-bond donors (Lipinski definition) is 3. The van der Waals surface area contributed by atoms with Crippen LogP contribution < -0.4 is 21.1 Å². The molecule has 3 aromatic carbocycles. The number of nitrogens with one attached hydrogen (secondary N) is 2. The number of allylic oxidation sites excluding steroid dienone is 2. The molecule has 468 valence electrons. The van der Waals surface area contributed by atoms with Crippen LogP contribution in [0, 0.1) is 33.9 Å². The number of benzene rings is 3. The van der Waals surface area contributed by atoms with Crippen LogP contribution in [0.25, 0.3) is 16.6 Å². The SMILES string of the molecule is CC1(C)C2CCC1(CS(=O)(=O)O)C(=O)C2.COc1ccc([C@]2(CCN(Cc3ccc(C4=CC[C@H](C(=O)N5CCC(Nc6ccc7c8c6CCCn8c(=O)n7C6CCC(=O)NC6=O)CC5)CC4)c(F)c3)CC(C)(C)C(F)(F)F)CCOC(C)(C)C2)cc1. The van der Waals surface area contributed by atoms with Gasteiger partial charge in [-0.25, -0.2) is 9.18 Å². The van der Waals surface area contributed by atoms with Gasteiger partial charge in [0.2, 0.25) is 17.7 Å². The first-order valence-electron chi connectivity index (χ1n) is 30.6. The second kappa shape index (κ2) is 23.9. The van der Waals surface area contributed by atoms with Crippen LogP contribution in [-0.4, -0.2) is 119 Å². The van der Waals surface area contributed by atoms with Crippen molar-refractivity contribution in [2.24, 2.45) is 28.1 Å². The van der Waals surface area contributed by atoms with E-state index in [-0.39, 0.29) is 77.9 Å². The summed E-state index contributed by atoms with van der Waals surface area (Å²) in [4.78, 5) is 67.8. The van der Waals surface area contributed by atoms with Crippen LogP contribution in [-0.2, 0) is 59.0 Å². The quantitative estimate of drug-likeness (QED) is 0.0546. The molecule has 5 atom stereocenters. The normalized spacial score (nSPS) is 25.9. The van der Waals surface area contributed by atoms with Gasteiger partial charge in [0.05, 0.1) is 40.3 Å². The Labute approximate surface area is 501 Å². The Kier molecular flexibility index (Phi) is 17.5. The molecule has 4 aliphatic heterocycles. The van der Waals surface area contributed by atoms with Crippen molar-refractivity contribution in [3.63, 3.8) is 0 Å². The van der Waals surface area contributed by atoms with Crippen molar-refractivity contribution < 1.29 is 59.2 Å². The molecule has 2 saturated carbocycles. The number of nitrogens with zero attached hydrogens (tertiary/aromatic N) is 4. The number of likely N-dealkylation sites (tertiary alicyclic amines) is 1. The third-order valence-electron chi connectivity index (χ3n) is 20.7. The van der Waals surface area contributed by atoms with E-state index in [9.17, 15) is 45.6 Å². The number of methoxy groups -OCH3 is 1. The maximum absolute atomic E-state index is 16.1. The van der Waals surface area contributed by atoms with Gasteiger partial charge in [-0.2, -0.15) is 21.6 Å². The van der Waals surface area contributed by atoms with Crippen LogP contribution in [0.4, 0.5) is 23.2 Å². The number of Topliss-reactive ketones (excluding diaryl/α,β-unsaturated/α-hetero) is 1. The summed E-state index contributed by atoms with van der Waals surface area (Å²) in [6.45, 7) is 13.0. The van der Waals surface area contributed by atoms with Crippen LogP contribution in [0.2, 0.25) is 0 Å². The van der Waals surface area contributed by atoms with E-state index in [1.165, 1.54) is 19.9 Å². The van der Waals surface area contributed by atoms with E-state index in [4.69, 9.17) is 14.0 Å². The second-order valence-corrected chi connectivity index (χ2v) is 28.8. The lowest BCUT2D eigenvalue weighted by Crippen LogP contribution is -2.47. The van der Waals surface area contributed by atoms with Gasteiger partial charge in [-0.05, 0) is 176 Å². The number of rotatable bonds is 16. The fraction of sp³-hybridized carbons (Fsp3) is 0.615. The molecule has 3 N–H and O–H groups in total. The largest absolute Gasteiger partial charge is 0.497 e. The molecule has 3 aliphatic carbocycles. The first kappa shape index (κ1) is 63.1. The topological polar surface area (TPSA) is 199 Å². The molecule has 86 heavy (non-hydrogen) atoms. The van der Waals surface area contributed by atoms with E-state index < -0.39 is 56.2 Å². The standard InChI is InChI=1S/C55H68F4N6O6.C10H16O4S/c1-52(2,55(57,58)59)34-62(29-24-54(25-30-71-53(3,4)33-54)38-13-15-40(70-5)16-14-38)32-35-8-17-41(43(56)31-35)36-9-11-37(12-10-36)50(68)63-27-22-39(23-28-63)60-44-18-19-45-48-42(44)7-6-26-64(48)51(69)65(45)46-20-21-47(66)61-49(46)67;1-9(2)7-3-4-10(9,8(11)5-7)6-15(12,13)14/h8-9,13-19,31,37,39,46,60H,6-7,10-12,20-30,32-34H2,1-5H3,(H,61,66,67);7H,3-6H2,1-2H3,(H,12,13,14)/t37-,46?,54+;/m0./s1. The Balaban J connectivity index is 0.000000474. The lowest BCUT2D eigenvalue weighted by Gasteiger charge is -2.46. The van der Waals surface area contributed by atoms with Gasteiger partial charge >= 0.3 is 11.9 Å². The number of alkyl halides is 3. The maximum Gasteiger partial charge on any atom is 0.395 e. The number of carbonyl (C=O) groups is 4. The number of anilines is 1. The monoisotopic (exact) mass is 1220 g/mol. The Morgan fingerprint density at radius 2 is 1.65 bits per heavy atom. The minimum atomic E-state index is -4.44. The van der Waals surface area contributed by atoms with Gasteiger partial charge in [0.25, 0.3) is 10.1 Å². The van der Waals surface area contributed by atoms with E-state index in [1.54, 1.807) is 22.3 Å². The summed E-state index contributed by atoms with van der Waals surface area (Å²) < 4.78 is 105. The predicted octanol–water partition coefficient (Wildman–Crippen LogP) is 10.7. The molecule has 2 bridgehead atoms. The molecule has 3 saturated heterocycles. The van der Waals surface area contributed by atoms with Crippen molar-refractivity contribution in [2.45, 2.75) is 180 Å². The van der Waals surface area contributed by atoms with Gasteiger partial charge < -0.3 is 19.7 Å². The van der Waals surface area contributed by atoms with Crippen LogP contribution in [0.5, 0.6) is 5.75 Å². The molecular formula is C65H84F4N6O10S. The molecule has 21 heteroatoms. The maximum atomic E-state index is 16.1. The summed E-state index contributed by atoms with van der Waals surface area (Å²) in [7, 11) is -2.46. The van der Waals surface area contributed by atoms with E-state index in [1.807, 2.05) is 72.2 Å². The van der Waals surface area contributed by atoms with Crippen LogP contribution in [0.1, 0.15) is 160 Å². The molecule has 0 radical (unpaired) electrons. The Bertz CT molecular complexity index is 3470. The van der Waals surface area contributed by atoms with Crippen LogP contribution in [0.3, 0.4) is 0 Å². The number of carbonyl (C=O) groups excluding carboxylic acids is 4. The minimum absolute atomic E-state index is 0.0152. The zero-order valence-corrected chi connectivity index (χ0v) is 51.5. The first-order chi connectivity index (χ1) is 40.4. The summed E-state index contributed by atoms with van der Waals surface area (Å²) in [5.41, 5.74) is 2.39. The van der Waals surface area contributed by atoms with Gasteiger partial charge in [-0.1, -0.05) is 44.2 Å². The van der Waals surface area contributed by atoms with Crippen molar-refractivity contribution in [1.29, 1.82) is 0 Å². The summed E-state index contributed by atoms with van der Waals surface area (Å²) in [5.74, 6) is -0.680. The Morgan fingerprint density at radius 3 is 2.26 bits per heavy atom. The number of fused-ring (bicyclic) bond motifs is 2. The number of imidazole rings is 1. The molecule has 7 aliphatic rings. The number of ether oxygens (including phenoxy) is 2. The highest BCUT2D eigenvalue weighted by Crippen LogP contribution is 2.64. The Hall–Kier alpha value is -5.90. The number of hydrogen-bond acceptors (Lipinski definition) is 11. The van der Waals surface area contributed by atoms with Crippen molar-refractivity contribution in [1.82, 2.24) is 24.3 Å². The van der Waals surface area contributed by atoms with Crippen molar-refractivity contribution in [3.8, 4) is 5.75 Å². The number of aromatic nitrogens is 2. The minimum Gasteiger partial charge on any atom is -0.497 e. The molecule has 16 nitrogen and oxygen atoms in total. The van der Waals surface area contributed by atoms with E-state index in [0.717, 1.165) is 72.2 Å². The molecule has 5 heterocycles. The zero-order valence-electron chi connectivity index (χ0n) is 50.7. The number of aryl methyl sites for hydroxylation is 2. The molecule has 4 aromatic rings. The highest BCUT2D eigenvalue weighted by atomic mass is 32.2. The average Bonchev–Trinajstić information content (AvgIpc) is 1.62. The third kappa shape index (κ3) is 12.6. The smallest absolute Gasteiger partial charge is 0.395 e. The number of imide groups is 1. The second-order valence-electron chi connectivity index (χ2n) is 27.4. The van der Waals surface area contributed by atoms with Gasteiger partial charge in [-0.15, -0.1) is 0 Å². The number of piperidine rings is 2. The zero-order chi connectivity index (χ0) is 61.9. The molecule has 1 aromatic heterocycles. The first-order valence-corrected chi connectivity index (χ1v) is 32.2. The molecular weight excluding hydrogens is 1130 g/mol. The predicted molar refractivity (Wildman–Crippen MR) is 320 cm³/mol. The summed E-state index contributed by atoms with van der Waals surface area (Å²) in [5, 5.41) is 6.11. The van der Waals surface area contributed by atoms with E-state index >= 15 is 4.39 Å². The molecule has 3 unspecified atom stereocenters. The summed E-state index contributed by atoms with van der Waals surface area (Å²) >= 11 is 0. The van der Waals surface area contributed by atoms with Gasteiger partial charge in [0.1, 0.15) is 23.4 Å². The fourth-order valence-electron chi connectivity index (χ4n) is 15.6. The third-order valence-corrected chi connectivity index (χ3v) is 21.5. The number of amides is 3. The van der Waals surface area contributed by atoms with Crippen LogP contribution in [0.15, 0.2) is 65.5 Å². The average molecular weight is 1220 g/mol. The lowest BCUT2D eigenvalue weighted by atomic mass is 9.67. The van der Waals surface area contributed by atoms with Gasteiger partial charge in [0, 0.05) is 86.4 Å². The lowest BCUT2D eigenvalue weighted by molar-refractivity contribution is -0.217. The molecule has 0 spiro atoms. The number of ketones is 1. The van der Waals surface area contributed by atoms with E-state index in [0.29, 0.717) is 94.4 Å². The molecule has 3 amide bonds. The van der Waals surface area contributed by atoms with Gasteiger partial charge in [-0.3, -0.25) is 43.1 Å². The molecule has 11 rings (SSSR count). The van der Waals surface area contributed by atoms with Crippen molar-refractivity contribution in [3.05, 3.63) is 99.2 Å². The van der Waals surface area contributed by atoms with Crippen LogP contribution >= 0.6 is 0 Å². The highest BCUT2D eigenvalue weighted by Gasteiger charge is 2.65.